The van der Waals surface area contributed by atoms with E-state index in [0.29, 0.717) is 32.6 Å². The number of hydrogen-bond acceptors (Lipinski definition) is 4. The summed E-state index contributed by atoms with van der Waals surface area (Å²) in [6.07, 6.45) is 0. The van der Waals surface area contributed by atoms with Crippen molar-refractivity contribution in [3.8, 4) is 5.69 Å². The minimum Gasteiger partial charge on any atom is -0.353 e. The lowest BCUT2D eigenvalue weighted by atomic mass is 10.2. The van der Waals surface area contributed by atoms with Gasteiger partial charge in [-0.25, -0.2) is 4.98 Å². The highest BCUT2D eigenvalue weighted by Crippen LogP contribution is 2.25. The first kappa shape index (κ1) is 20.3. The number of rotatable bonds is 5. The van der Waals surface area contributed by atoms with Gasteiger partial charge in [0.05, 0.1) is 27.7 Å². The summed E-state index contributed by atoms with van der Waals surface area (Å²) in [5, 5.41) is 3.74. The van der Waals surface area contributed by atoms with E-state index in [2.05, 4.69) is 15.3 Å². The van der Waals surface area contributed by atoms with Crippen molar-refractivity contribution in [2.24, 2.45) is 0 Å². The summed E-state index contributed by atoms with van der Waals surface area (Å²) in [5.74, 6) is -0.150. The van der Waals surface area contributed by atoms with Crippen LogP contribution in [0.4, 0.5) is 5.69 Å². The molecule has 0 radical (unpaired) electrons. The molecule has 152 valence electrons. The highest BCUT2D eigenvalue weighted by molar-refractivity contribution is 7.99. The van der Waals surface area contributed by atoms with Crippen molar-refractivity contribution >= 4 is 46.0 Å². The van der Waals surface area contributed by atoms with Gasteiger partial charge >= 0.3 is 0 Å². The van der Waals surface area contributed by atoms with Gasteiger partial charge in [-0.3, -0.25) is 14.2 Å². The van der Waals surface area contributed by atoms with E-state index < -0.39 is 0 Å². The second-order valence-corrected chi connectivity index (χ2v) is 8.25. The number of carbonyl (C=O) groups is 1. The third kappa shape index (κ3) is 4.13. The second-order valence-electron chi connectivity index (χ2n) is 6.90. The first-order valence-corrected chi connectivity index (χ1v) is 10.7. The Bertz CT molecular complexity index is 1300. The van der Waals surface area contributed by atoms with Crippen LogP contribution in [-0.2, 0) is 4.79 Å². The molecule has 4 rings (SSSR count). The Morgan fingerprint density at radius 2 is 1.93 bits per heavy atom. The molecule has 8 heteroatoms. The molecule has 0 aliphatic rings. The number of carbonyl (C=O) groups excluding carboxylic acids is 1. The average Bonchev–Trinajstić information content (AvgIpc) is 3.10. The van der Waals surface area contributed by atoms with E-state index in [1.807, 2.05) is 56.3 Å². The number of benzene rings is 2. The van der Waals surface area contributed by atoms with Crippen molar-refractivity contribution in [3.05, 3.63) is 81.2 Å². The summed E-state index contributed by atoms with van der Waals surface area (Å²) in [6.45, 7) is 3.81. The van der Waals surface area contributed by atoms with Crippen molar-refractivity contribution in [2.75, 3.05) is 11.1 Å². The molecule has 2 heterocycles. The van der Waals surface area contributed by atoms with Crippen LogP contribution in [0.2, 0.25) is 5.02 Å². The minimum absolute atomic E-state index is 0.0817. The summed E-state index contributed by atoms with van der Waals surface area (Å²) in [5.41, 5.74) is 3.92. The number of aromatic nitrogens is 3. The Morgan fingerprint density at radius 1 is 1.17 bits per heavy atom. The number of nitrogens with zero attached hydrogens (tertiary/aromatic N) is 2. The van der Waals surface area contributed by atoms with Crippen LogP contribution in [-0.4, -0.2) is 26.2 Å². The molecule has 0 aliphatic heterocycles. The first-order valence-electron chi connectivity index (χ1n) is 9.29. The molecular weight excluding hydrogens is 420 g/mol. The van der Waals surface area contributed by atoms with Gasteiger partial charge < -0.3 is 10.3 Å². The van der Waals surface area contributed by atoms with Gasteiger partial charge in [0.25, 0.3) is 5.56 Å². The molecule has 0 unspecified atom stereocenters. The zero-order valence-corrected chi connectivity index (χ0v) is 18.0. The number of fused-ring (bicyclic) bond motifs is 1. The molecule has 4 aromatic rings. The number of para-hydroxylation sites is 1. The monoisotopic (exact) mass is 438 g/mol. The fourth-order valence-corrected chi connectivity index (χ4v) is 4.21. The molecule has 0 bridgehead atoms. The first-order chi connectivity index (χ1) is 14.4. The number of halogens is 1. The summed E-state index contributed by atoms with van der Waals surface area (Å²) in [6, 6.07) is 16.5. The van der Waals surface area contributed by atoms with Gasteiger partial charge in [0.1, 0.15) is 5.52 Å². The molecule has 2 N–H and O–H groups in total. The Kier molecular flexibility index (Phi) is 5.65. The summed E-state index contributed by atoms with van der Waals surface area (Å²) in [4.78, 5) is 33.4. The Morgan fingerprint density at radius 3 is 2.67 bits per heavy atom. The van der Waals surface area contributed by atoms with E-state index in [9.17, 15) is 9.59 Å². The summed E-state index contributed by atoms with van der Waals surface area (Å²) < 4.78 is 1.52. The van der Waals surface area contributed by atoms with E-state index in [0.717, 1.165) is 11.3 Å². The fourth-order valence-electron chi connectivity index (χ4n) is 3.12. The number of nitrogens with one attached hydrogen (secondary N) is 2. The number of thioether (sulfide) groups is 1. The standard InChI is InChI=1S/C22H19ClN4O2S/c1-13-8-9-17(16(23)10-13)25-19(28)12-30-22-26-18-11-14(2)24-20(18)21(29)27(22)15-6-4-3-5-7-15/h3-11,24H,12H2,1-2H3,(H,25,28). The molecule has 30 heavy (non-hydrogen) atoms. The zero-order chi connectivity index (χ0) is 21.3. The van der Waals surface area contributed by atoms with E-state index >= 15 is 0 Å². The Labute approximate surface area is 182 Å². The van der Waals surface area contributed by atoms with Crippen LogP contribution < -0.4 is 10.9 Å². The van der Waals surface area contributed by atoms with E-state index in [1.54, 1.807) is 12.1 Å². The van der Waals surface area contributed by atoms with Crippen molar-refractivity contribution < 1.29 is 4.79 Å². The number of amides is 1. The average molecular weight is 439 g/mol. The molecule has 0 fully saturated rings. The second kappa shape index (κ2) is 8.38. The highest BCUT2D eigenvalue weighted by Gasteiger charge is 2.16. The van der Waals surface area contributed by atoms with Crippen LogP contribution >= 0.6 is 23.4 Å². The predicted octanol–water partition coefficient (Wildman–Crippen LogP) is 4.71. The Balaban J connectivity index is 1.64. The molecule has 2 aromatic heterocycles. The van der Waals surface area contributed by atoms with E-state index in [-0.39, 0.29) is 17.2 Å². The molecule has 0 saturated heterocycles. The van der Waals surface area contributed by atoms with Crippen molar-refractivity contribution in [1.29, 1.82) is 0 Å². The van der Waals surface area contributed by atoms with Crippen molar-refractivity contribution in [2.45, 2.75) is 19.0 Å². The zero-order valence-electron chi connectivity index (χ0n) is 16.4. The van der Waals surface area contributed by atoms with Gasteiger partial charge in [-0.05, 0) is 49.7 Å². The van der Waals surface area contributed by atoms with Crippen LogP contribution in [0.3, 0.4) is 0 Å². The maximum Gasteiger partial charge on any atom is 0.283 e. The largest absolute Gasteiger partial charge is 0.353 e. The summed E-state index contributed by atoms with van der Waals surface area (Å²) >= 11 is 7.40. The molecule has 0 spiro atoms. The fraction of sp³-hybridized carbons (Fsp3) is 0.136. The van der Waals surface area contributed by atoms with Gasteiger partial charge in [0, 0.05) is 5.69 Å². The lowest BCUT2D eigenvalue weighted by Gasteiger charge is -2.12. The van der Waals surface area contributed by atoms with Crippen LogP contribution in [0.15, 0.2) is 64.5 Å². The van der Waals surface area contributed by atoms with Crippen molar-refractivity contribution in [1.82, 2.24) is 14.5 Å². The number of aryl methyl sites for hydroxylation is 2. The Hall–Kier alpha value is -3.03. The van der Waals surface area contributed by atoms with Gasteiger partial charge in [0.2, 0.25) is 5.91 Å². The molecule has 6 nitrogen and oxygen atoms in total. The normalized spacial score (nSPS) is 11.0. The van der Waals surface area contributed by atoms with Gasteiger partial charge in [-0.2, -0.15) is 0 Å². The SMILES string of the molecule is Cc1ccc(NC(=O)CSc2nc3cc(C)[nH]c3c(=O)n2-c2ccccc2)c(Cl)c1. The number of H-pyrrole nitrogens is 1. The predicted molar refractivity (Wildman–Crippen MR) is 122 cm³/mol. The lowest BCUT2D eigenvalue weighted by Crippen LogP contribution is -2.23. The van der Waals surface area contributed by atoms with Crippen LogP contribution in [0, 0.1) is 13.8 Å². The van der Waals surface area contributed by atoms with Gasteiger partial charge in [0.15, 0.2) is 5.16 Å². The summed E-state index contributed by atoms with van der Waals surface area (Å²) in [7, 11) is 0. The number of anilines is 1. The van der Waals surface area contributed by atoms with Gasteiger partial charge in [-0.15, -0.1) is 0 Å². The topological polar surface area (TPSA) is 79.8 Å². The molecule has 2 aromatic carbocycles. The minimum atomic E-state index is -0.232. The molecule has 0 atom stereocenters. The van der Waals surface area contributed by atoms with Gasteiger partial charge in [-0.1, -0.05) is 47.6 Å². The van der Waals surface area contributed by atoms with E-state index in [4.69, 9.17) is 11.6 Å². The molecule has 0 aliphatic carbocycles. The number of aromatic amines is 1. The molecule has 1 amide bonds. The number of hydrogen-bond donors (Lipinski definition) is 2. The third-order valence-electron chi connectivity index (χ3n) is 4.50. The lowest BCUT2D eigenvalue weighted by molar-refractivity contribution is -0.113. The van der Waals surface area contributed by atoms with Crippen molar-refractivity contribution in [3.63, 3.8) is 0 Å². The maximum atomic E-state index is 13.1. The smallest absolute Gasteiger partial charge is 0.283 e. The van der Waals surface area contributed by atoms with E-state index in [1.165, 1.54) is 16.3 Å². The molecular formula is C22H19ClN4O2S. The van der Waals surface area contributed by atoms with Crippen LogP contribution in [0.25, 0.3) is 16.7 Å². The van der Waals surface area contributed by atoms with Crippen LogP contribution in [0.5, 0.6) is 0 Å². The molecule has 0 saturated carbocycles. The maximum absolute atomic E-state index is 13.1. The highest BCUT2D eigenvalue weighted by atomic mass is 35.5. The third-order valence-corrected chi connectivity index (χ3v) is 5.75. The van der Waals surface area contributed by atoms with Crippen LogP contribution in [0.1, 0.15) is 11.3 Å². The quantitative estimate of drug-likeness (QED) is 0.349.